The van der Waals surface area contributed by atoms with Crippen molar-refractivity contribution >= 4 is 23.5 Å². The highest BCUT2D eigenvalue weighted by Crippen LogP contribution is 2.17. The van der Waals surface area contributed by atoms with Crippen molar-refractivity contribution < 1.29 is 10.2 Å². The summed E-state index contributed by atoms with van der Waals surface area (Å²) in [7, 11) is 0. The summed E-state index contributed by atoms with van der Waals surface area (Å²) in [5.74, 6) is 2.84. The van der Waals surface area contributed by atoms with E-state index in [2.05, 4.69) is 24.3 Å². The van der Waals surface area contributed by atoms with E-state index in [0.717, 1.165) is 11.5 Å². The first kappa shape index (κ1) is 17.4. The lowest BCUT2D eigenvalue weighted by molar-refractivity contribution is 0.0500. The molecule has 22 heavy (non-hydrogen) atoms. The molecule has 0 bridgehead atoms. The first-order chi connectivity index (χ1) is 10.8. The first-order valence-corrected chi connectivity index (χ1v) is 9.66. The van der Waals surface area contributed by atoms with Crippen molar-refractivity contribution in [2.24, 2.45) is 0 Å². The van der Waals surface area contributed by atoms with Crippen molar-refractivity contribution in [1.29, 1.82) is 0 Å². The van der Waals surface area contributed by atoms with Crippen LogP contribution in [0.15, 0.2) is 60.7 Å². The highest BCUT2D eigenvalue weighted by Gasteiger charge is 2.16. The van der Waals surface area contributed by atoms with Crippen LogP contribution in [0.25, 0.3) is 0 Å². The molecule has 0 saturated carbocycles. The minimum Gasteiger partial charge on any atom is -0.390 e. The highest BCUT2D eigenvalue weighted by molar-refractivity contribution is 7.98. The van der Waals surface area contributed by atoms with E-state index >= 15 is 0 Å². The molecule has 0 fully saturated rings. The van der Waals surface area contributed by atoms with Crippen molar-refractivity contribution in [2.75, 3.05) is 11.5 Å². The van der Waals surface area contributed by atoms with Crippen molar-refractivity contribution in [3.63, 3.8) is 0 Å². The fourth-order valence-corrected chi connectivity index (χ4v) is 3.98. The van der Waals surface area contributed by atoms with E-state index in [1.807, 2.05) is 36.4 Å². The quantitative estimate of drug-likeness (QED) is 0.735. The van der Waals surface area contributed by atoms with Crippen LogP contribution in [0.3, 0.4) is 0 Å². The molecule has 0 aliphatic carbocycles. The van der Waals surface area contributed by atoms with Crippen LogP contribution in [-0.2, 0) is 11.5 Å². The van der Waals surface area contributed by atoms with Crippen molar-refractivity contribution in [3.05, 3.63) is 71.8 Å². The summed E-state index contributed by atoms with van der Waals surface area (Å²) in [5.41, 5.74) is 2.49. The fraction of sp³-hybridized carbons (Fsp3) is 0.333. The van der Waals surface area contributed by atoms with Gasteiger partial charge in [0.25, 0.3) is 0 Å². The molecule has 0 spiro atoms. The van der Waals surface area contributed by atoms with Gasteiger partial charge in [0.05, 0.1) is 12.2 Å². The Morgan fingerprint density at radius 3 is 1.36 bits per heavy atom. The number of thioether (sulfide) groups is 2. The third-order valence-electron chi connectivity index (χ3n) is 3.24. The van der Waals surface area contributed by atoms with Crippen LogP contribution in [0.5, 0.6) is 0 Å². The van der Waals surface area contributed by atoms with Crippen LogP contribution in [-0.4, -0.2) is 33.9 Å². The van der Waals surface area contributed by atoms with E-state index in [4.69, 9.17) is 0 Å². The molecule has 118 valence electrons. The molecule has 2 N–H and O–H groups in total. The van der Waals surface area contributed by atoms with Gasteiger partial charge in [0.2, 0.25) is 0 Å². The Labute approximate surface area is 141 Å². The Kier molecular flexibility index (Phi) is 7.88. The van der Waals surface area contributed by atoms with E-state index in [0.29, 0.717) is 11.5 Å². The van der Waals surface area contributed by atoms with Crippen LogP contribution < -0.4 is 0 Å². The van der Waals surface area contributed by atoms with Crippen LogP contribution in [0, 0.1) is 0 Å². The van der Waals surface area contributed by atoms with E-state index < -0.39 is 12.2 Å². The Balaban J connectivity index is 1.61. The molecular weight excluding hydrogens is 312 g/mol. The van der Waals surface area contributed by atoms with Crippen LogP contribution >= 0.6 is 23.5 Å². The molecule has 0 aliphatic rings. The molecule has 0 aliphatic heterocycles. The predicted molar refractivity (Wildman–Crippen MR) is 97.2 cm³/mol. The zero-order valence-electron chi connectivity index (χ0n) is 12.5. The standard InChI is InChI=1S/C18H22O2S2/c19-17(13-21-11-15-7-3-1-4-8-15)18(20)14-22-12-16-9-5-2-6-10-16/h1-10,17-20H,11-14H2/t17-,18-/m1/s1. The zero-order valence-corrected chi connectivity index (χ0v) is 14.1. The van der Waals surface area contributed by atoms with E-state index in [1.165, 1.54) is 11.1 Å². The van der Waals surface area contributed by atoms with E-state index in [9.17, 15) is 10.2 Å². The monoisotopic (exact) mass is 334 g/mol. The third kappa shape index (κ3) is 6.44. The largest absolute Gasteiger partial charge is 0.390 e. The number of hydrogen-bond acceptors (Lipinski definition) is 4. The molecule has 2 nitrogen and oxygen atoms in total. The summed E-state index contributed by atoms with van der Waals surface area (Å²) >= 11 is 3.31. The lowest BCUT2D eigenvalue weighted by Gasteiger charge is -2.17. The second-order valence-corrected chi connectivity index (χ2v) is 7.20. The maximum absolute atomic E-state index is 10.0. The Morgan fingerprint density at radius 2 is 1.00 bits per heavy atom. The second kappa shape index (κ2) is 9.95. The number of hydrogen-bond donors (Lipinski definition) is 2. The minimum absolute atomic E-state index is 0.557. The van der Waals surface area contributed by atoms with Gasteiger partial charge in [0.1, 0.15) is 0 Å². The second-order valence-electron chi connectivity index (χ2n) is 5.14. The molecule has 0 saturated heterocycles. The summed E-state index contributed by atoms with van der Waals surface area (Å²) in [5, 5.41) is 20.0. The van der Waals surface area contributed by atoms with Gasteiger partial charge >= 0.3 is 0 Å². The summed E-state index contributed by atoms with van der Waals surface area (Å²) in [6.07, 6.45) is -1.34. The summed E-state index contributed by atoms with van der Waals surface area (Å²) in [6.45, 7) is 0. The van der Waals surface area contributed by atoms with Gasteiger partial charge in [-0.3, -0.25) is 0 Å². The van der Waals surface area contributed by atoms with E-state index in [1.54, 1.807) is 23.5 Å². The lowest BCUT2D eigenvalue weighted by Crippen LogP contribution is -2.30. The Bertz CT molecular complexity index is 470. The molecule has 2 aromatic rings. The Morgan fingerprint density at radius 1 is 0.636 bits per heavy atom. The SMILES string of the molecule is O[C@H](CSCc1ccccc1)[C@H](O)CSCc1ccccc1. The highest BCUT2D eigenvalue weighted by atomic mass is 32.2. The van der Waals surface area contributed by atoms with Gasteiger partial charge in [0, 0.05) is 23.0 Å². The number of aliphatic hydroxyl groups is 2. The predicted octanol–water partition coefficient (Wildman–Crippen LogP) is 3.58. The van der Waals surface area contributed by atoms with Crippen molar-refractivity contribution in [1.82, 2.24) is 0 Å². The first-order valence-electron chi connectivity index (χ1n) is 7.35. The van der Waals surface area contributed by atoms with Gasteiger partial charge in [-0.25, -0.2) is 0 Å². The van der Waals surface area contributed by atoms with Gasteiger partial charge < -0.3 is 10.2 Å². The van der Waals surface area contributed by atoms with Gasteiger partial charge in [-0.05, 0) is 11.1 Å². The molecule has 0 radical (unpaired) electrons. The zero-order chi connectivity index (χ0) is 15.6. The minimum atomic E-state index is -0.669. The molecule has 0 unspecified atom stereocenters. The fourth-order valence-electron chi connectivity index (χ4n) is 1.97. The molecular formula is C18H22O2S2. The summed E-state index contributed by atoms with van der Waals surface area (Å²) in [6, 6.07) is 20.4. The van der Waals surface area contributed by atoms with Gasteiger partial charge in [-0.2, -0.15) is 23.5 Å². The smallest absolute Gasteiger partial charge is 0.0897 e. The third-order valence-corrected chi connectivity index (χ3v) is 5.47. The average molecular weight is 335 g/mol. The number of rotatable bonds is 9. The normalized spacial score (nSPS) is 13.7. The molecule has 4 heteroatoms. The lowest BCUT2D eigenvalue weighted by atomic mass is 10.2. The van der Waals surface area contributed by atoms with Gasteiger partial charge in [-0.1, -0.05) is 60.7 Å². The van der Waals surface area contributed by atoms with Gasteiger partial charge in [-0.15, -0.1) is 0 Å². The van der Waals surface area contributed by atoms with Crippen molar-refractivity contribution in [2.45, 2.75) is 23.7 Å². The average Bonchev–Trinajstić information content (AvgIpc) is 2.56. The molecule has 2 aromatic carbocycles. The van der Waals surface area contributed by atoms with Crippen LogP contribution in [0.4, 0.5) is 0 Å². The summed E-state index contributed by atoms with van der Waals surface area (Å²) in [4.78, 5) is 0. The van der Waals surface area contributed by atoms with Crippen LogP contribution in [0.1, 0.15) is 11.1 Å². The number of benzene rings is 2. The maximum atomic E-state index is 10.0. The van der Waals surface area contributed by atoms with Gasteiger partial charge in [0.15, 0.2) is 0 Å². The molecule has 2 rings (SSSR count). The molecule has 2 atom stereocenters. The topological polar surface area (TPSA) is 40.5 Å². The van der Waals surface area contributed by atoms with E-state index in [-0.39, 0.29) is 0 Å². The Hall–Kier alpha value is -0.940. The van der Waals surface area contributed by atoms with Crippen LogP contribution in [0.2, 0.25) is 0 Å². The molecule has 0 heterocycles. The molecule has 0 aromatic heterocycles. The maximum Gasteiger partial charge on any atom is 0.0897 e. The van der Waals surface area contributed by atoms with Crippen molar-refractivity contribution in [3.8, 4) is 0 Å². The number of aliphatic hydroxyl groups excluding tert-OH is 2. The summed E-state index contributed by atoms with van der Waals surface area (Å²) < 4.78 is 0. The molecule has 0 amide bonds.